The highest BCUT2D eigenvalue weighted by molar-refractivity contribution is 6.21. The average molecular weight is 279 g/mol. The largest absolute Gasteiger partial charge is 0.326 e. The van der Waals surface area contributed by atoms with Gasteiger partial charge in [-0.1, -0.05) is 0 Å². The summed E-state index contributed by atoms with van der Waals surface area (Å²) in [6.45, 7) is 0. The smallest absolute Gasteiger partial charge is 0.0489 e. The molecule has 0 aromatic heterocycles. The highest BCUT2D eigenvalue weighted by Gasteiger charge is 2.31. The quantitative estimate of drug-likeness (QED) is 0.764. The lowest BCUT2D eigenvalue weighted by Gasteiger charge is -2.36. The molecule has 4 N–H and O–H groups in total. The van der Waals surface area contributed by atoms with Crippen LogP contribution in [0.3, 0.4) is 0 Å². The van der Waals surface area contributed by atoms with Gasteiger partial charge in [0.05, 0.1) is 0 Å². The van der Waals surface area contributed by atoms with E-state index in [0.29, 0.717) is 0 Å². The topological polar surface area (TPSA) is 52.0 Å². The van der Waals surface area contributed by atoms with Crippen molar-refractivity contribution in [2.24, 2.45) is 23.3 Å². The van der Waals surface area contributed by atoms with Gasteiger partial charge >= 0.3 is 0 Å². The number of alkyl halides is 2. The van der Waals surface area contributed by atoms with E-state index in [2.05, 4.69) is 0 Å². The van der Waals surface area contributed by atoms with Crippen LogP contribution in [0.2, 0.25) is 0 Å². The summed E-state index contributed by atoms with van der Waals surface area (Å²) in [5.41, 5.74) is 11.9. The average Bonchev–Trinajstić information content (AvgIpc) is 2.29. The van der Waals surface area contributed by atoms with E-state index >= 15 is 0 Å². The van der Waals surface area contributed by atoms with E-state index in [4.69, 9.17) is 34.7 Å². The van der Waals surface area contributed by atoms with Crippen molar-refractivity contribution < 1.29 is 0 Å². The van der Waals surface area contributed by atoms with Crippen LogP contribution in [0, 0.1) is 11.8 Å². The molecule has 2 fully saturated rings. The predicted molar refractivity (Wildman–Crippen MR) is 74.5 cm³/mol. The van der Waals surface area contributed by atoms with Gasteiger partial charge in [-0.05, 0) is 56.8 Å². The molecule has 100 valence electrons. The molecule has 0 heterocycles. The minimum absolute atomic E-state index is 0.173. The highest BCUT2D eigenvalue weighted by atomic mass is 35.5. The zero-order valence-corrected chi connectivity index (χ0v) is 11.8. The maximum atomic E-state index is 6.26. The third kappa shape index (κ3) is 3.73. The summed E-state index contributed by atoms with van der Waals surface area (Å²) >= 11 is 12.5. The van der Waals surface area contributed by atoms with Crippen LogP contribution < -0.4 is 11.5 Å². The van der Waals surface area contributed by atoms with Gasteiger partial charge in [0, 0.05) is 22.8 Å². The zero-order valence-electron chi connectivity index (χ0n) is 10.3. The second-order valence-electron chi connectivity index (χ2n) is 5.95. The minimum Gasteiger partial charge on any atom is -0.326 e. The third-order valence-corrected chi connectivity index (χ3v) is 5.53. The van der Waals surface area contributed by atoms with Crippen molar-refractivity contribution >= 4 is 23.2 Å². The number of halogens is 2. The standard InChI is InChI=1S/C13H24Cl2N2/c14-10-6-8(1-3-12(10)16)5-9-2-4-13(17)11(15)7-9/h8-13H,1-7,16-17H2. The molecule has 6 atom stereocenters. The molecule has 2 rings (SSSR count). The fourth-order valence-corrected chi connectivity index (χ4v) is 4.10. The molecular formula is C13H24Cl2N2. The summed E-state index contributed by atoms with van der Waals surface area (Å²) in [5, 5.41) is 0.345. The molecule has 2 aliphatic rings. The Morgan fingerprint density at radius 1 is 0.765 bits per heavy atom. The summed E-state index contributed by atoms with van der Waals surface area (Å²) in [7, 11) is 0. The lowest BCUT2D eigenvalue weighted by atomic mass is 9.75. The molecule has 0 amide bonds. The Morgan fingerprint density at radius 2 is 1.18 bits per heavy atom. The third-order valence-electron chi connectivity index (χ3n) is 4.53. The maximum Gasteiger partial charge on any atom is 0.0489 e. The number of hydrogen-bond donors (Lipinski definition) is 2. The maximum absolute atomic E-state index is 6.26. The van der Waals surface area contributed by atoms with E-state index in [1.165, 1.54) is 19.3 Å². The van der Waals surface area contributed by atoms with Crippen LogP contribution in [0.4, 0.5) is 0 Å². The van der Waals surface area contributed by atoms with Gasteiger partial charge < -0.3 is 11.5 Å². The molecule has 17 heavy (non-hydrogen) atoms. The van der Waals surface area contributed by atoms with E-state index in [1.807, 2.05) is 0 Å². The van der Waals surface area contributed by atoms with Gasteiger partial charge in [0.2, 0.25) is 0 Å². The Hall–Kier alpha value is 0.500. The van der Waals surface area contributed by atoms with Crippen LogP contribution in [-0.4, -0.2) is 22.8 Å². The van der Waals surface area contributed by atoms with Gasteiger partial charge in [-0.3, -0.25) is 0 Å². The first kappa shape index (κ1) is 13.9. The van der Waals surface area contributed by atoms with E-state index in [1.54, 1.807) is 0 Å². The number of nitrogens with two attached hydrogens (primary N) is 2. The normalized spacial score (nSPS) is 48.0. The molecule has 0 aliphatic heterocycles. The van der Waals surface area contributed by atoms with Crippen molar-refractivity contribution in [2.45, 2.75) is 67.8 Å². The fourth-order valence-electron chi connectivity index (χ4n) is 3.34. The van der Waals surface area contributed by atoms with Crippen LogP contribution in [0.15, 0.2) is 0 Å². The van der Waals surface area contributed by atoms with Crippen molar-refractivity contribution in [1.82, 2.24) is 0 Å². The molecule has 0 bridgehead atoms. The Labute approximate surface area is 114 Å². The second-order valence-corrected chi connectivity index (χ2v) is 7.07. The Bertz CT molecular complexity index is 226. The Morgan fingerprint density at radius 3 is 1.53 bits per heavy atom. The number of hydrogen-bond acceptors (Lipinski definition) is 2. The second kappa shape index (κ2) is 6.10. The first-order valence-corrected chi connectivity index (χ1v) is 7.73. The van der Waals surface area contributed by atoms with E-state index in [9.17, 15) is 0 Å². The fraction of sp³-hybridized carbons (Fsp3) is 1.00. The number of rotatable bonds is 2. The van der Waals surface area contributed by atoms with Crippen molar-refractivity contribution in [3.63, 3.8) is 0 Å². The molecule has 6 unspecified atom stereocenters. The van der Waals surface area contributed by atoms with Crippen LogP contribution in [0.1, 0.15) is 44.9 Å². The molecular weight excluding hydrogens is 255 g/mol. The van der Waals surface area contributed by atoms with Crippen molar-refractivity contribution in [3.8, 4) is 0 Å². The summed E-state index contributed by atoms with van der Waals surface area (Å²) in [5.74, 6) is 1.50. The minimum atomic E-state index is 0.173. The van der Waals surface area contributed by atoms with Gasteiger partial charge in [-0.15, -0.1) is 23.2 Å². The highest BCUT2D eigenvalue weighted by Crippen LogP contribution is 2.37. The summed E-state index contributed by atoms with van der Waals surface area (Å²) in [6.07, 6.45) is 8.06. The molecule has 0 radical (unpaired) electrons. The van der Waals surface area contributed by atoms with Crippen LogP contribution >= 0.6 is 23.2 Å². The van der Waals surface area contributed by atoms with Crippen LogP contribution in [0.5, 0.6) is 0 Å². The first-order valence-electron chi connectivity index (χ1n) is 6.85. The van der Waals surface area contributed by atoms with Crippen LogP contribution in [-0.2, 0) is 0 Å². The Kier molecular flexibility index (Phi) is 4.99. The summed E-state index contributed by atoms with van der Waals surface area (Å²) in [6, 6.07) is 0.405. The summed E-state index contributed by atoms with van der Waals surface area (Å²) in [4.78, 5) is 0. The molecule has 4 heteroatoms. The summed E-state index contributed by atoms with van der Waals surface area (Å²) < 4.78 is 0. The van der Waals surface area contributed by atoms with E-state index in [0.717, 1.165) is 37.5 Å². The molecule has 0 saturated heterocycles. The van der Waals surface area contributed by atoms with E-state index < -0.39 is 0 Å². The monoisotopic (exact) mass is 278 g/mol. The van der Waals surface area contributed by atoms with Crippen LogP contribution in [0.25, 0.3) is 0 Å². The molecule has 0 spiro atoms. The van der Waals surface area contributed by atoms with Gasteiger partial charge in [0.25, 0.3) is 0 Å². The Balaban J connectivity index is 1.78. The first-order chi connectivity index (χ1) is 8.06. The van der Waals surface area contributed by atoms with Crippen molar-refractivity contribution in [3.05, 3.63) is 0 Å². The molecule has 0 aromatic carbocycles. The van der Waals surface area contributed by atoms with Gasteiger partial charge in [0.15, 0.2) is 0 Å². The van der Waals surface area contributed by atoms with Gasteiger partial charge in [-0.25, -0.2) is 0 Å². The lowest BCUT2D eigenvalue weighted by Crippen LogP contribution is -2.39. The molecule has 0 aromatic rings. The molecule has 2 saturated carbocycles. The van der Waals surface area contributed by atoms with E-state index in [-0.39, 0.29) is 22.8 Å². The van der Waals surface area contributed by atoms with Gasteiger partial charge in [0.1, 0.15) is 0 Å². The predicted octanol–water partition coefficient (Wildman–Crippen LogP) is 2.85. The molecule has 2 aliphatic carbocycles. The van der Waals surface area contributed by atoms with Crippen molar-refractivity contribution in [1.29, 1.82) is 0 Å². The zero-order chi connectivity index (χ0) is 12.4. The van der Waals surface area contributed by atoms with Gasteiger partial charge in [-0.2, -0.15) is 0 Å². The SMILES string of the molecule is NC1CCC(CC2CCC(N)C(Cl)C2)CC1Cl. The van der Waals surface area contributed by atoms with Crippen molar-refractivity contribution in [2.75, 3.05) is 0 Å². The molecule has 2 nitrogen and oxygen atoms in total. The lowest BCUT2D eigenvalue weighted by molar-refractivity contribution is 0.229.